The van der Waals surface area contributed by atoms with Gasteiger partial charge in [-0.25, -0.2) is 0 Å². The Morgan fingerprint density at radius 1 is 0.964 bits per heavy atom. The molecule has 3 aromatic heterocycles. The first-order chi connectivity index (χ1) is 13.8. The Hall–Kier alpha value is -3.26. The quantitative estimate of drug-likeness (QED) is 0.542. The van der Waals surface area contributed by atoms with Crippen molar-refractivity contribution >= 4 is 11.5 Å². The van der Waals surface area contributed by atoms with E-state index in [9.17, 15) is 0 Å². The van der Waals surface area contributed by atoms with Crippen molar-refractivity contribution in [3.8, 4) is 11.4 Å². The molecule has 4 aromatic rings. The lowest BCUT2D eigenvalue weighted by Crippen LogP contribution is -2.46. The summed E-state index contributed by atoms with van der Waals surface area (Å²) in [5.41, 5.74) is 2.68. The summed E-state index contributed by atoms with van der Waals surface area (Å²) in [6.45, 7) is 6.47. The van der Waals surface area contributed by atoms with E-state index in [0.29, 0.717) is 0 Å². The van der Waals surface area contributed by atoms with Crippen molar-refractivity contribution in [2.24, 2.45) is 0 Å². The predicted octanol–water partition coefficient (Wildman–Crippen LogP) is 2.41. The highest BCUT2D eigenvalue weighted by atomic mass is 16.5. The standard InChI is InChI=1S/C20H21N7O/c1-15-13-17(28-24-15)14-25-9-11-26(12-10-25)19-8-7-18-21-22-20(27(18)23-19)16-5-3-2-4-6-16/h2-8,13H,9-12,14H2,1H3. The minimum absolute atomic E-state index is 0.752. The zero-order valence-electron chi connectivity index (χ0n) is 15.7. The Morgan fingerprint density at radius 3 is 2.54 bits per heavy atom. The van der Waals surface area contributed by atoms with Crippen LogP contribution in [0, 0.1) is 6.92 Å². The van der Waals surface area contributed by atoms with Crippen molar-refractivity contribution in [2.45, 2.75) is 13.5 Å². The lowest BCUT2D eigenvalue weighted by Gasteiger charge is -2.34. The number of aromatic nitrogens is 5. The summed E-state index contributed by atoms with van der Waals surface area (Å²) >= 11 is 0. The third kappa shape index (κ3) is 3.22. The molecular weight excluding hydrogens is 354 g/mol. The number of piperazine rings is 1. The largest absolute Gasteiger partial charge is 0.360 e. The molecule has 28 heavy (non-hydrogen) atoms. The summed E-state index contributed by atoms with van der Waals surface area (Å²) in [5, 5.41) is 17.4. The van der Waals surface area contributed by atoms with Crippen molar-refractivity contribution < 1.29 is 4.52 Å². The van der Waals surface area contributed by atoms with Crippen molar-refractivity contribution in [2.75, 3.05) is 31.1 Å². The van der Waals surface area contributed by atoms with Crippen LogP contribution in [0.15, 0.2) is 53.1 Å². The van der Waals surface area contributed by atoms with Crippen LogP contribution in [0.25, 0.3) is 17.0 Å². The second-order valence-corrected chi connectivity index (χ2v) is 7.05. The van der Waals surface area contributed by atoms with Crippen LogP contribution >= 0.6 is 0 Å². The van der Waals surface area contributed by atoms with E-state index in [2.05, 4.69) is 25.2 Å². The van der Waals surface area contributed by atoms with Gasteiger partial charge in [0, 0.05) is 37.8 Å². The van der Waals surface area contributed by atoms with E-state index in [1.807, 2.05) is 60.0 Å². The van der Waals surface area contributed by atoms with Crippen molar-refractivity contribution in [3.05, 3.63) is 60.0 Å². The van der Waals surface area contributed by atoms with Crippen LogP contribution in [-0.2, 0) is 6.54 Å². The van der Waals surface area contributed by atoms with Crippen molar-refractivity contribution in [3.63, 3.8) is 0 Å². The van der Waals surface area contributed by atoms with Gasteiger partial charge in [-0.2, -0.15) is 4.52 Å². The number of fused-ring (bicyclic) bond motifs is 1. The molecule has 1 aliphatic rings. The summed E-state index contributed by atoms with van der Waals surface area (Å²) in [4.78, 5) is 4.68. The molecule has 8 nitrogen and oxygen atoms in total. The van der Waals surface area contributed by atoms with Crippen molar-refractivity contribution in [1.82, 2.24) is 29.9 Å². The van der Waals surface area contributed by atoms with E-state index >= 15 is 0 Å². The molecule has 0 atom stereocenters. The first-order valence-corrected chi connectivity index (χ1v) is 9.44. The molecule has 1 aliphatic heterocycles. The van der Waals surface area contributed by atoms with Crippen LogP contribution < -0.4 is 4.90 Å². The number of hydrogen-bond donors (Lipinski definition) is 0. The van der Waals surface area contributed by atoms with E-state index in [1.54, 1.807) is 0 Å². The van der Waals surface area contributed by atoms with Gasteiger partial charge in [-0.15, -0.1) is 15.3 Å². The third-order valence-corrected chi connectivity index (χ3v) is 5.03. The molecule has 4 heterocycles. The first-order valence-electron chi connectivity index (χ1n) is 9.44. The maximum Gasteiger partial charge on any atom is 0.185 e. The van der Waals surface area contributed by atoms with Crippen LogP contribution in [-0.4, -0.2) is 56.0 Å². The zero-order valence-corrected chi connectivity index (χ0v) is 15.7. The Balaban J connectivity index is 1.33. The Labute approximate surface area is 162 Å². The summed E-state index contributed by atoms with van der Waals surface area (Å²) < 4.78 is 7.17. The second-order valence-electron chi connectivity index (χ2n) is 7.05. The SMILES string of the molecule is Cc1cc(CN2CCN(c3ccc4nnc(-c5ccccc5)n4n3)CC2)on1. The molecule has 0 amide bonds. The lowest BCUT2D eigenvalue weighted by molar-refractivity contribution is 0.219. The molecule has 1 aromatic carbocycles. The Kier molecular flexibility index (Phi) is 4.25. The molecule has 0 aliphatic carbocycles. The normalized spacial score (nSPS) is 15.4. The molecule has 0 saturated carbocycles. The van der Waals surface area contributed by atoms with Crippen LogP contribution in [0.5, 0.6) is 0 Å². The Bertz CT molecular complexity index is 1080. The van der Waals surface area contributed by atoms with Gasteiger partial charge in [0.2, 0.25) is 0 Å². The summed E-state index contributed by atoms with van der Waals surface area (Å²) in [5.74, 6) is 2.62. The van der Waals surface area contributed by atoms with Gasteiger partial charge in [-0.3, -0.25) is 4.90 Å². The molecule has 0 spiro atoms. The number of anilines is 1. The molecule has 1 saturated heterocycles. The summed E-state index contributed by atoms with van der Waals surface area (Å²) in [6, 6.07) is 16.0. The number of nitrogens with zero attached hydrogens (tertiary/aromatic N) is 7. The van der Waals surface area contributed by atoms with Gasteiger partial charge in [0.1, 0.15) is 5.82 Å². The minimum Gasteiger partial charge on any atom is -0.360 e. The van der Waals surface area contributed by atoms with Gasteiger partial charge in [-0.05, 0) is 19.1 Å². The highest BCUT2D eigenvalue weighted by Crippen LogP contribution is 2.20. The van der Waals surface area contributed by atoms with Gasteiger partial charge in [0.25, 0.3) is 0 Å². The van der Waals surface area contributed by atoms with Gasteiger partial charge in [-0.1, -0.05) is 35.5 Å². The smallest absolute Gasteiger partial charge is 0.185 e. The van der Waals surface area contributed by atoms with E-state index in [4.69, 9.17) is 9.62 Å². The number of benzene rings is 1. The minimum atomic E-state index is 0.752. The van der Waals surface area contributed by atoms with Crippen LogP contribution in [0.2, 0.25) is 0 Å². The third-order valence-electron chi connectivity index (χ3n) is 5.03. The van der Waals surface area contributed by atoms with Gasteiger partial charge in [0.05, 0.1) is 12.2 Å². The molecule has 142 valence electrons. The van der Waals surface area contributed by atoms with Crippen LogP contribution in [0.3, 0.4) is 0 Å². The van der Waals surface area contributed by atoms with Crippen molar-refractivity contribution in [1.29, 1.82) is 0 Å². The molecule has 0 radical (unpaired) electrons. The zero-order chi connectivity index (χ0) is 18.9. The maximum atomic E-state index is 5.34. The highest BCUT2D eigenvalue weighted by Gasteiger charge is 2.20. The van der Waals surface area contributed by atoms with Crippen LogP contribution in [0.4, 0.5) is 5.82 Å². The van der Waals surface area contributed by atoms with E-state index < -0.39 is 0 Å². The highest BCUT2D eigenvalue weighted by molar-refractivity contribution is 5.59. The molecule has 8 heteroatoms. The number of aryl methyl sites for hydroxylation is 1. The average molecular weight is 375 g/mol. The monoisotopic (exact) mass is 375 g/mol. The fourth-order valence-corrected chi connectivity index (χ4v) is 3.56. The average Bonchev–Trinajstić information content (AvgIpc) is 3.34. The molecule has 5 rings (SSSR count). The fraction of sp³-hybridized carbons (Fsp3) is 0.300. The maximum absolute atomic E-state index is 5.34. The van der Waals surface area contributed by atoms with Crippen LogP contribution in [0.1, 0.15) is 11.5 Å². The fourth-order valence-electron chi connectivity index (χ4n) is 3.56. The van der Waals surface area contributed by atoms with E-state index in [1.165, 1.54) is 0 Å². The summed E-state index contributed by atoms with van der Waals surface area (Å²) in [6.07, 6.45) is 0. The van der Waals surface area contributed by atoms with Gasteiger partial charge in [0.15, 0.2) is 17.2 Å². The van der Waals surface area contributed by atoms with E-state index in [-0.39, 0.29) is 0 Å². The topological polar surface area (TPSA) is 75.6 Å². The van der Waals surface area contributed by atoms with E-state index in [0.717, 1.165) is 67.0 Å². The molecule has 0 N–H and O–H groups in total. The van der Waals surface area contributed by atoms with Gasteiger partial charge < -0.3 is 9.42 Å². The first kappa shape index (κ1) is 16.9. The Morgan fingerprint density at radius 2 is 1.79 bits per heavy atom. The predicted molar refractivity (Wildman–Crippen MR) is 105 cm³/mol. The second kappa shape index (κ2) is 7.05. The number of hydrogen-bond acceptors (Lipinski definition) is 7. The molecule has 1 fully saturated rings. The number of rotatable bonds is 4. The molecule has 0 unspecified atom stereocenters. The molecule has 0 bridgehead atoms. The summed E-state index contributed by atoms with van der Waals surface area (Å²) in [7, 11) is 0. The van der Waals surface area contributed by atoms with Gasteiger partial charge >= 0.3 is 0 Å². The molecular formula is C20H21N7O. The lowest BCUT2D eigenvalue weighted by atomic mass is 10.2.